The van der Waals surface area contributed by atoms with E-state index < -0.39 is 0 Å². The molecule has 22 heavy (non-hydrogen) atoms. The fourth-order valence-corrected chi connectivity index (χ4v) is 2.95. The summed E-state index contributed by atoms with van der Waals surface area (Å²) in [7, 11) is 1.93. The average molecular weight is 316 g/mol. The molecule has 1 N–H and O–H groups in total. The predicted octanol–water partition coefficient (Wildman–Crippen LogP) is 2.55. The smallest absolute Gasteiger partial charge is 0.233 e. The first-order valence-electron chi connectivity index (χ1n) is 7.48. The van der Waals surface area contributed by atoms with Gasteiger partial charge in [0.05, 0.1) is 5.25 Å². The van der Waals surface area contributed by atoms with Crippen molar-refractivity contribution in [2.45, 2.75) is 43.1 Å². The Bertz CT molecular complexity index is 676. The minimum absolute atomic E-state index is 0.0763. The highest BCUT2D eigenvalue weighted by Gasteiger charge is 2.27. The third-order valence-electron chi connectivity index (χ3n) is 3.72. The molecule has 0 radical (unpaired) electrons. The molecule has 1 saturated carbocycles. The zero-order chi connectivity index (χ0) is 15.7. The highest BCUT2D eigenvalue weighted by atomic mass is 32.2. The van der Waals surface area contributed by atoms with Crippen LogP contribution >= 0.6 is 11.8 Å². The number of hydrogen-bond donors (Lipinski definition) is 1. The van der Waals surface area contributed by atoms with Gasteiger partial charge in [0, 0.05) is 18.7 Å². The Labute approximate surface area is 134 Å². The Kier molecular flexibility index (Phi) is 4.20. The SMILES string of the molecule is Cc1ccc(-c2nnc(S[C@H](C)C(=O)NC3CC3)n2C)cc1. The molecule has 6 heteroatoms. The van der Waals surface area contributed by atoms with Crippen LogP contribution in [0.3, 0.4) is 0 Å². The van der Waals surface area contributed by atoms with Crippen molar-refractivity contribution in [1.82, 2.24) is 20.1 Å². The first-order chi connectivity index (χ1) is 10.5. The van der Waals surface area contributed by atoms with Crippen molar-refractivity contribution in [2.75, 3.05) is 0 Å². The van der Waals surface area contributed by atoms with E-state index in [9.17, 15) is 4.79 Å². The van der Waals surface area contributed by atoms with Crippen molar-refractivity contribution >= 4 is 17.7 Å². The summed E-state index contributed by atoms with van der Waals surface area (Å²) >= 11 is 1.44. The van der Waals surface area contributed by atoms with E-state index in [1.54, 1.807) is 0 Å². The maximum Gasteiger partial charge on any atom is 0.233 e. The highest BCUT2D eigenvalue weighted by Crippen LogP contribution is 2.27. The molecular formula is C16H20N4OS. The van der Waals surface area contributed by atoms with Crippen LogP contribution in [0.1, 0.15) is 25.3 Å². The van der Waals surface area contributed by atoms with Crippen LogP contribution in [0.5, 0.6) is 0 Å². The van der Waals surface area contributed by atoms with Crippen LogP contribution in [0.15, 0.2) is 29.4 Å². The summed E-state index contributed by atoms with van der Waals surface area (Å²) in [5, 5.41) is 12.1. The Morgan fingerprint density at radius 2 is 2.00 bits per heavy atom. The summed E-state index contributed by atoms with van der Waals surface area (Å²) in [6.45, 7) is 3.96. The number of amides is 1. The fraction of sp³-hybridized carbons (Fsp3) is 0.438. The lowest BCUT2D eigenvalue weighted by molar-refractivity contribution is -0.120. The van der Waals surface area contributed by atoms with Gasteiger partial charge in [0.2, 0.25) is 5.91 Å². The van der Waals surface area contributed by atoms with Gasteiger partial charge in [-0.1, -0.05) is 41.6 Å². The zero-order valence-corrected chi connectivity index (χ0v) is 13.9. The molecule has 0 saturated heterocycles. The Hall–Kier alpha value is -1.82. The Morgan fingerprint density at radius 3 is 2.64 bits per heavy atom. The molecule has 2 aromatic rings. The molecule has 1 atom stereocenters. The second kappa shape index (κ2) is 6.12. The second-order valence-corrected chi connectivity index (χ2v) is 7.08. The number of thioether (sulfide) groups is 1. The highest BCUT2D eigenvalue weighted by molar-refractivity contribution is 8.00. The lowest BCUT2D eigenvalue weighted by Crippen LogP contribution is -2.32. The first-order valence-corrected chi connectivity index (χ1v) is 8.36. The second-order valence-electron chi connectivity index (χ2n) is 5.77. The molecule has 0 bridgehead atoms. The maximum atomic E-state index is 12.0. The number of rotatable bonds is 5. The van der Waals surface area contributed by atoms with Crippen molar-refractivity contribution in [3.8, 4) is 11.4 Å². The van der Waals surface area contributed by atoms with Gasteiger partial charge in [-0.2, -0.15) is 0 Å². The molecule has 0 aliphatic heterocycles. The van der Waals surface area contributed by atoms with Gasteiger partial charge in [-0.3, -0.25) is 4.79 Å². The van der Waals surface area contributed by atoms with Crippen LogP contribution in [-0.4, -0.2) is 32.0 Å². The number of aromatic nitrogens is 3. The maximum absolute atomic E-state index is 12.0. The molecule has 0 spiro atoms. The van der Waals surface area contributed by atoms with Crippen LogP contribution in [0.2, 0.25) is 0 Å². The van der Waals surface area contributed by atoms with Crippen LogP contribution in [-0.2, 0) is 11.8 Å². The van der Waals surface area contributed by atoms with Crippen molar-refractivity contribution in [3.05, 3.63) is 29.8 Å². The molecule has 1 aliphatic rings. The summed E-state index contributed by atoms with van der Waals surface area (Å²) in [5.74, 6) is 0.893. The molecule has 1 amide bonds. The van der Waals surface area contributed by atoms with E-state index >= 15 is 0 Å². The number of nitrogens with zero attached hydrogens (tertiary/aromatic N) is 3. The molecule has 116 valence electrons. The quantitative estimate of drug-likeness (QED) is 0.861. The van der Waals surface area contributed by atoms with Gasteiger partial charge in [-0.15, -0.1) is 10.2 Å². The van der Waals surface area contributed by atoms with Crippen LogP contribution in [0.4, 0.5) is 0 Å². The molecule has 1 aromatic carbocycles. The van der Waals surface area contributed by atoms with E-state index in [0.29, 0.717) is 6.04 Å². The lowest BCUT2D eigenvalue weighted by atomic mass is 10.1. The number of aryl methyl sites for hydroxylation is 1. The molecular weight excluding hydrogens is 296 g/mol. The number of benzene rings is 1. The van der Waals surface area contributed by atoms with Gasteiger partial charge in [0.25, 0.3) is 0 Å². The summed E-state index contributed by atoms with van der Waals surface area (Å²) in [5.41, 5.74) is 2.24. The standard InChI is InChI=1S/C16H20N4OS/c1-10-4-6-12(7-5-10)14-18-19-16(20(14)3)22-11(2)15(21)17-13-8-9-13/h4-7,11,13H,8-9H2,1-3H3,(H,17,21)/t11-/m1/s1. The molecule has 5 nitrogen and oxygen atoms in total. The molecule has 1 heterocycles. The largest absolute Gasteiger partial charge is 0.352 e. The summed E-state index contributed by atoms with van der Waals surface area (Å²) in [4.78, 5) is 12.0. The van der Waals surface area contributed by atoms with E-state index in [1.807, 2.05) is 30.7 Å². The van der Waals surface area contributed by atoms with Gasteiger partial charge >= 0.3 is 0 Å². The normalized spacial score (nSPS) is 15.6. The molecule has 1 fully saturated rings. The van der Waals surface area contributed by atoms with Crippen molar-refractivity contribution in [2.24, 2.45) is 7.05 Å². The van der Waals surface area contributed by atoms with Gasteiger partial charge in [0.1, 0.15) is 0 Å². The average Bonchev–Trinajstić information content (AvgIpc) is 3.24. The number of nitrogens with one attached hydrogen (secondary N) is 1. The number of carbonyl (C=O) groups excluding carboxylic acids is 1. The van der Waals surface area contributed by atoms with Gasteiger partial charge < -0.3 is 9.88 Å². The van der Waals surface area contributed by atoms with Crippen molar-refractivity contribution in [3.63, 3.8) is 0 Å². The van der Waals surface area contributed by atoms with Gasteiger partial charge in [-0.25, -0.2) is 0 Å². The Morgan fingerprint density at radius 1 is 1.32 bits per heavy atom. The number of hydrogen-bond acceptors (Lipinski definition) is 4. The predicted molar refractivity (Wildman–Crippen MR) is 87.7 cm³/mol. The van der Waals surface area contributed by atoms with Crippen molar-refractivity contribution < 1.29 is 4.79 Å². The lowest BCUT2D eigenvalue weighted by Gasteiger charge is -2.11. The van der Waals surface area contributed by atoms with Crippen LogP contribution in [0.25, 0.3) is 11.4 Å². The first kappa shape index (κ1) is 15.1. The third-order valence-corrected chi connectivity index (χ3v) is 4.85. The minimum atomic E-state index is -0.172. The minimum Gasteiger partial charge on any atom is -0.352 e. The molecule has 1 aliphatic carbocycles. The topological polar surface area (TPSA) is 59.8 Å². The monoisotopic (exact) mass is 316 g/mol. The van der Waals surface area contributed by atoms with Crippen molar-refractivity contribution in [1.29, 1.82) is 0 Å². The van der Waals surface area contributed by atoms with E-state index in [0.717, 1.165) is 29.4 Å². The molecule has 3 rings (SSSR count). The van der Waals surface area contributed by atoms with E-state index in [2.05, 4.69) is 34.6 Å². The summed E-state index contributed by atoms with van der Waals surface area (Å²) in [6, 6.07) is 8.58. The molecule has 1 aromatic heterocycles. The van der Waals surface area contributed by atoms with E-state index in [-0.39, 0.29) is 11.2 Å². The third kappa shape index (κ3) is 3.32. The van der Waals surface area contributed by atoms with E-state index in [4.69, 9.17) is 0 Å². The van der Waals surface area contributed by atoms with E-state index in [1.165, 1.54) is 17.3 Å². The number of carbonyl (C=O) groups is 1. The molecule has 0 unspecified atom stereocenters. The van der Waals surface area contributed by atoms with Crippen LogP contribution in [0, 0.1) is 6.92 Å². The van der Waals surface area contributed by atoms with Gasteiger partial charge in [0.15, 0.2) is 11.0 Å². The zero-order valence-electron chi connectivity index (χ0n) is 13.0. The summed E-state index contributed by atoms with van der Waals surface area (Å²) < 4.78 is 1.94. The van der Waals surface area contributed by atoms with Gasteiger partial charge in [-0.05, 0) is 26.7 Å². The van der Waals surface area contributed by atoms with Crippen LogP contribution < -0.4 is 5.32 Å². The summed E-state index contributed by atoms with van der Waals surface area (Å²) in [6.07, 6.45) is 2.20. The Balaban J connectivity index is 1.72. The fourth-order valence-electron chi connectivity index (χ4n) is 2.13.